The molecule has 0 saturated heterocycles. The van der Waals surface area contributed by atoms with E-state index in [1.165, 1.54) is 0 Å². The number of aliphatic hydroxyl groups excluding tert-OH is 1. The maximum absolute atomic E-state index is 11.8. The van der Waals surface area contributed by atoms with Gasteiger partial charge in [0.25, 0.3) is 0 Å². The molecule has 0 aliphatic carbocycles. The number of urea groups is 1. The third-order valence-electron chi connectivity index (χ3n) is 3.21. The lowest BCUT2D eigenvalue weighted by Crippen LogP contribution is -2.55. The molecule has 3 N–H and O–H groups in total. The van der Waals surface area contributed by atoms with Gasteiger partial charge < -0.3 is 15.7 Å². The lowest BCUT2D eigenvalue weighted by atomic mass is 9.88. The first-order valence-electron chi connectivity index (χ1n) is 6.34. The fourth-order valence-corrected chi connectivity index (χ4v) is 1.46. The molecule has 2 atom stereocenters. The van der Waals surface area contributed by atoms with Crippen molar-refractivity contribution in [3.8, 4) is 0 Å². The van der Waals surface area contributed by atoms with Crippen LogP contribution in [0.1, 0.15) is 54.4 Å². The van der Waals surface area contributed by atoms with Gasteiger partial charge in [-0.05, 0) is 25.7 Å². The molecule has 0 spiro atoms. The quantitative estimate of drug-likeness (QED) is 0.695. The second-order valence-electron chi connectivity index (χ2n) is 6.15. The van der Waals surface area contributed by atoms with Crippen molar-refractivity contribution >= 4 is 6.03 Å². The summed E-state index contributed by atoms with van der Waals surface area (Å²) in [5.74, 6) is 0. The molecule has 2 amide bonds. The third-order valence-corrected chi connectivity index (χ3v) is 3.21. The van der Waals surface area contributed by atoms with Gasteiger partial charge in [-0.2, -0.15) is 0 Å². The number of amides is 2. The average molecular weight is 244 g/mol. The molecule has 4 heteroatoms. The van der Waals surface area contributed by atoms with Crippen molar-refractivity contribution in [2.75, 3.05) is 6.61 Å². The number of aliphatic hydroxyl groups is 1. The van der Waals surface area contributed by atoms with Gasteiger partial charge in [0.2, 0.25) is 0 Å². The van der Waals surface area contributed by atoms with E-state index in [-0.39, 0.29) is 24.1 Å². The van der Waals surface area contributed by atoms with Gasteiger partial charge in [0.1, 0.15) is 0 Å². The fourth-order valence-electron chi connectivity index (χ4n) is 1.46. The number of hydrogen-bond donors (Lipinski definition) is 3. The summed E-state index contributed by atoms with van der Waals surface area (Å²) < 4.78 is 0. The largest absolute Gasteiger partial charge is 0.394 e. The molecule has 17 heavy (non-hydrogen) atoms. The van der Waals surface area contributed by atoms with Gasteiger partial charge in [-0.25, -0.2) is 4.79 Å². The lowest BCUT2D eigenvalue weighted by molar-refractivity contribution is 0.159. The zero-order chi connectivity index (χ0) is 13.7. The SMILES string of the molecule is CCCC(C)(CO)NC(=O)NC(C)C(C)(C)C. The van der Waals surface area contributed by atoms with Crippen LogP contribution < -0.4 is 10.6 Å². The van der Waals surface area contributed by atoms with Crippen LogP contribution in [0.15, 0.2) is 0 Å². The second kappa shape index (κ2) is 6.24. The highest BCUT2D eigenvalue weighted by molar-refractivity contribution is 5.75. The van der Waals surface area contributed by atoms with Crippen LogP contribution >= 0.6 is 0 Å². The molecule has 0 heterocycles. The Labute approximate surface area is 105 Å². The zero-order valence-electron chi connectivity index (χ0n) is 12.1. The highest BCUT2D eigenvalue weighted by atomic mass is 16.3. The summed E-state index contributed by atoms with van der Waals surface area (Å²) in [6.45, 7) is 12.1. The second-order valence-corrected chi connectivity index (χ2v) is 6.15. The first kappa shape index (κ1) is 16.2. The highest BCUT2D eigenvalue weighted by Crippen LogP contribution is 2.18. The summed E-state index contributed by atoms with van der Waals surface area (Å²) in [5.41, 5.74) is -0.506. The van der Waals surface area contributed by atoms with Crippen molar-refractivity contribution < 1.29 is 9.90 Å². The maximum atomic E-state index is 11.8. The first-order chi connectivity index (χ1) is 7.64. The molecule has 0 aromatic rings. The molecule has 2 unspecified atom stereocenters. The standard InChI is InChI=1S/C13H28N2O2/c1-7-8-13(6,9-16)15-11(17)14-10(2)12(3,4)5/h10,16H,7-9H2,1-6H3,(H2,14,15,17). The normalized spacial score (nSPS) is 17.1. The summed E-state index contributed by atoms with van der Waals surface area (Å²) in [5, 5.41) is 15.1. The molecule has 0 aromatic carbocycles. The fraction of sp³-hybridized carbons (Fsp3) is 0.923. The third kappa shape index (κ3) is 5.91. The smallest absolute Gasteiger partial charge is 0.315 e. The molecule has 4 nitrogen and oxygen atoms in total. The zero-order valence-corrected chi connectivity index (χ0v) is 12.1. The number of rotatable bonds is 5. The number of nitrogens with one attached hydrogen (secondary N) is 2. The van der Waals surface area contributed by atoms with E-state index in [1.54, 1.807) is 0 Å². The number of carbonyl (C=O) groups excluding carboxylic acids is 1. The Balaban J connectivity index is 4.35. The Morgan fingerprint density at radius 2 is 1.82 bits per heavy atom. The van der Waals surface area contributed by atoms with E-state index in [9.17, 15) is 9.90 Å². The van der Waals surface area contributed by atoms with Crippen molar-refractivity contribution in [3.05, 3.63) is 0 Å². The van der Waals surface area contributed by atoms with Gasteiger partial charge in [0.15, 0.2) is 0 Å². The van der Waals surface area contributed by atoms with E-state index < -0.39 is 5.54 Å². The highest BCUT2D eigenvalue weighted by Gasteiger charge is 2.27. The lowest BCUT2D eigenvalue weighted by Gasteiger charge is -2.32. The van der Waals surface area contributed by atoms with Crippen LogP contribution in [0.3, 0.4) is 0 Å². The van der Waals surface area contributed by atoms with Crippen LogP contribution in [0.5, 0.6) is 0 Å². The van der Waals surface area contributed by atoms with Crippen LogP contribution in [0, 0.1) is 5.41 Å². The number of hydrogen-bond acceptors (Lipinski definition) is 2. The van der Waals surface area contributed by atoms with E-state index >= 15 is 0 Å². The van der Waals surface area contributed by atoms with Crippen LogP contribution in [0.2, 0.25) is 0 Å². The van der Waals surface area contributed by atoms with Crippen LogP contribution in [0.25, 0.3) is 0 Å². The summed E-state index contributed by atoms with van der Waals surface area (Å²) >= 11 is 0. The van der Waals surface area contributed by atoms with Crippen molar-refractivity contribution in [1.82, 2.24) is 10.6 Å². The summed E-state index contributed by atoms with van der Waals surface area (Å²) in [4.78, 5) is 11.8. The Morgan fingerprint density at radius 1 is 1.29 bits per heavy atom. The van der Waals surface area contributed by atoms with E-state index in [4.69, 9.17) is 0 Å². The molecule has 102 valence electrons. The molecule has 0 fully saturated rings. The van der Waals surface area contributed by atoms with E-state index in [2.05, 4.69) is 31.4 Å². The summed E-state index contributed by atoms with van der Waals surface area (Å²) in [6.07, 6.45) is 1.69. The van der Waals surface area contributed by atoms with Gasteiger partial charge in [-0.1, -0.05) is 34.1 Å². The van der Waals surface area contributed by atoms with E-state index in [0.29, 0.717) is 0 Å². The van der Waals surface area contributed by atoms with Crippen molar-refractivity contribution in [2.45, 2.75) is 66.0 Å². The Bertz CT molecular complexity index is 248. The Morgan fingerprint density at radius 3 is 2.18 bits per heavy atom. The Kier molecular flexibility index (Phi) is 5.96. The molecular weight excluding hydrogens is 216 g/mol. The first-order valence-corrected chi connectivity index (χ1v) is 6.34. The topological polar surface area (TPSA) is 61.4 Å². The van der Waals surface area contributed by atoms with Crippen molar-refractivity contribution in [2.24, 2.45) is 5.41 Å². The molecule has 0 aliphatic heterocycles. The minimum atomic E-state index is -0.531. The average Bonchev–Trinajstić information content (AvgIpc) is 2.16. The van der Waals surface area contributed by atoms with Gasteiger partial charge in [0.05, 0.1) is 12.1 Å². The minimum absolute atomic E-state index is 0.0255. The van der Waals surface area contributed by atoms with Gasteiger partial charge in [-0.3, -0.25) is 0 Å². The van der Waals surface area contributed by atoms with Crippen LogP contribution in [0.4, 0.5) is 4.79 Å². The molecule has 0 radical (unpaired) electrons. The van der Waals surface area contributed by atoms with Crippen molar-refractivity contribution in [3.63, 3.8) is 0 Å². The number of carbonyl (C=O) groups is 1. The maximum Gasteiger partial charge on any atom is 0.315 e. The summed E-state index contributed by atoms with van der Waals surface area (Å²) in [7, 11) is 0. The van der Waals surface area contributed by atoms with Crippen LogP contribution in [-0.2, 0) is 0 Å². The Hall–Kier alpha value is -0.770. The predicted molar refractivity (Wildman–Crippen MR) is 71.0 cm³/mol. The van der Waals surface area contributed by atoms with Gasteiger partial charge >= 0.3 is 6.03 Å². The minimum Gasteiger partial charge on any atom is -0.394 e. The molecule has 0 bridgehead atoms. The molecule has 0 rings (SSSR count). The van der Waals surface area contributed by atoms with Gasteiger partial charge in [0, 0.05) is 6.04 Å². The monoisotopic (exact) mass is 244 g/mol. The van der Waals surface area contributed by atoms with Gasteiger partial charge in [-0.15, -0.1) is 0 Å². The molecule has 0 aliphatic rings. The van der Waals surface area contributed by atoms with Crippen LogP contribution in [-0.4, -0.2) is 29.3 Å². The predicted octanol–water partition coefficient (Wildman–Crippen LogP) is 2.27. The van der Waals surface area contributed by atoms with Crippen molar-refractivity contribution in [1.29, 1.82) is 0 Å². The van der Waals surface area contributed by atoms with E-state index in [0.717, 1.165) is 12.8 Å². The summed E-state index contributed by atoms with van der Waals surface area (Å²) in [6, 6.07) is -0.135. The molecule has 0 aromatic heterocycles. The molecule has 0 saturated carbocycles. The van der Waals surface area contributed by atoms with E-state index in [1.807, 2.05) is 20.8 Å². The molecular formula is C13H28N2O2.